The summed E-state index contributed by atoms with van der Waals surface area (Å²) in [4.78, 5) is 11.1. The van der Waals surface area contributed by atoms with E-state index in [0.717, 1.165) is 10.6 Å². The Balaban J connectivity index is 3.43. The zero-order valence-electron chi connectivity index (χ0n) is 7.43. The zero-order chi connectivity index (χ0) is 10.9. The highest BCUT2D eigenvalue weighted by Crippen LogP contribution is 2.26. The first-order valence-corrected chi connectivity index (χ1v) is 3.83. The molecule has 1 aromatic rings. The molecule has 0 saturated carbocycles. The average Bonchev–Trinajstić information content (AvgIpc) is 2.07. The van der Waals surface area contributed by atoms with Gasteiger partial charge in [-0.3, -0.25) is 4.79 Å². The first-order valence-electron chi connectivity index (χ1n) is 3.83. The smallest absolute Gasteiger partial charge is 0.326 e. The molecule has 2 N–H and O–H groups in total. The molecule has 0 aliphatic rings. The lowest BCUT2D eigenvalue weighted by atomic mass is 10.2. The number of aryl methyl sites for hydroxylation is 1. The van der Waals surface area contributed by atoms with Gasteiger partial charge in [-0.2, -0.15) is 13.2 Å². The largest absolute Gasteiger partial charge is 0.421 e. The van der Waals surface area contributed by atoms with Crippen LogP contribution in [0, 0.1) is 0 Å². The van der Waals surface area contributed by atoms with Gasteiger partial charge in [0.2, 0.25) is 0 Å². The molecule has 0 spiro atoms. The Morgan fingerprint density at radius 2 is 2.07 bits per heavy atom. The number of nitrogens with two attached hydrogens (primary N) is 1. The van der Waals surface area contributed by atoms with Gasteiger partial charge in [0.1, 0.15) is 5.56 Å². The second-order valence-corrected chi connectivity index (χ2v) is 2.88. The van der Waals surface area contributed by atoms with Crippen molar-refractivity contribution in [3.05, 3.63) is 33.7 Å². The van der Waals surface area contributed by atoms with E-state index in [1.807, 2.05) is 0 Å². The summed E-state index contributed by atoms with van der Waals surface area (Å²) in [6, 6.07) is 0.780. The maximum Gasteiger partial charge on any atom is 0.421 e. The van der Waals surface area contributed by atoms with Gasteiger partial charge in [0.05, 0.1) is 0 Å². The highest BCUT2D eigenvalue weighted by atomic mass is 19.4. The van der Waals surface area contributed by atoms with E-state index in [0.29, 0.717) is 0 Å². The average molecular weight is 206 g/mol. The highest BCUT2D eigenvalue weighted by molar-refractivity contribution is 5.21. The summed E-state index contributed by atoms with van der Waals surface area (Å²) in [5.74, 6) is 0. The fourth-order valence-electron chi connectivity index (χ4n) is 1.10. The zero-order valence-corrected chi connectivity index (χ0v) is 7.43. The highest BCUT2D eigenvalue weighted by Gasteiger charge is 2.34. The molecular formula is C8H9F3N2O. The second-order valence-electron chi connectivity index (χ2n) is 2.88. The third-order valence-electron chi connectivity index (χ3n) is 1.78. The summed E-state index contributed by atoms with van der Waals surface area (Å²) >= 11 is 0. The van der Waals surface area contributed by atoms with Gasteiger partial charge < -0.3 is 10.3 Å². The summed E-state index contributed by atoms with van der Waals surface area (Å²) in [6.45, 7) is -0.0306. The predicted octanol–water partition coefficient (Wildman–Crippen LogP) is 0.863. The monoisotopic (exact) mass is 206 g/mol. The van der Waals surface area contributed by atoms with Crippen molar-refractivity contribution >= 4 is 0 Å². The van der Waals surface area contributed by atoms with Crippen LogP contribution in [0.1, 0.15) is 11.1 Å². The molecule has 0 aromatic carbocycles. The van der Waals surface area contributed by atoms with Crippen molar-refractivity contribution in [2.75, 3.05) is 0 Å². The predicted molar refractivity (Wildman–Crippen MR) is 44.6 cm³/mol. The van der Waals surface area contributed by atoms with E-state index in [9.17, 15) is 18.0 Å². The van der Waals surface area contributed by atoms with Gasteiger partial charge in [-0.25, -0.2) is 0 Å². The molecule has 0 atom stereocenters. The van der Waals surface area contributed by atoms with Crippen LogP contribution >= 0.6 is 0 Å². The van der Waals surface area contributed by atoms with E-state index in [-0.39, 0.29) is 12.1 Å². The number of hydrogen-bond donors (Lipinski definition) is 1. The van der Waals surface area contributed by atoms with Gasteiger partial charge in [-0.15, -0.1) is 0 Å². The minimum atomic E-state index is -4.62. The van der Waals surface area contributed by atoms with E-state index in [2.05, 4.69) is 0 Å². The molecule has 14 heavy (non-hydrogen) atoms. The van der Waals surface area contributed by atoms with E-state index in [1.54, 1.807) is 0 Å². The molecule has 0 aliphatic carbocycles. The molecule has 0 radical (unpaired) electrons. The summed E-state index contributed by atoms with van der Waals surface area (Å²) in [5, 5.41) is 0. The third-order valence-corrected chi connectivity index (χ3v) is 1.78. The van der Waals surface area contributed by atoms with Crippen LogP contribution in [0.2, 0.25) is 0 Å². The van der Waals surface area contributed by atoms with Gasteiger partial charge in [0, 0.05) is 19.8 Å². The van der Waals surface area contributed by atoms with Gasteiger partial charge in [-0.05, 0) is 11.6 Å². The Hall–Kier alpha value is -1.30. The Kier molecular flexibility index (Phi) is 2.66. The molecule has 0 unspecified atom stereocenters. The summed E-state index contributed by atoms with van der Waals surface area (Å²) in [6.07, 6.45) is -3.34. The number of pyridine rings is 1. The van der Waals surface area contributed by atoms with Gasteiger partial charge in [-0.1, -0.05) is 0 Å². The number of halogens is 3. The number of aromatic nitrogens is 1. The van der Waals surface area contributed by atoms with E-state index in [1.165, 1.54) is 13.2 Å². The number of nitrogens with zero attached hydrogens (tertiary/aromatic N) is 1. The van der Waals surface area contributed by atoms with Crippen molar-refractivity contribution in [1.82, 2.24) is 4.57 Å². The summed E-state index contributed by atoms with van der Waals surface area (Å²) < 4.78 is 37.8. The lowest BCUT2D eigenvalue weighted by Crippen LogP contribution is -2.27. The van der Waals surface area contributed by atoms with Crippen molar-refractivity contribution in [3.8, 4) is 0 Å². The van der Waals surface area contributed by atoms with Crippen molar-refractivity contribution in [3.63, 3.8) is 0 Å². The number of alkyl halides is 3. The third kappa shape index (κ3) is 1.95. The van der Waals surface area contributed by atoms with Crippen molar-refractivity contribution < 1.29 is 13.2 Å². The SMILES string of the molecule is Cn1cc(CN)cc(C(F)(F)F)c1=O. The Morgan fingerprint density at radius 1 is 1.50 bits per heavy atom. The normalized spacial score (nSPS) is 11.8. The lowest BCUT2D eigenvalue weighted by Gasteiger charge is -2.09. The fraction of sp³-hybridized carbons (Fsp3) is 0.375. The van der Waals surface area contributed by atoms with Crippen molar-refractivity contribution in [1.29, 1.82) is 0 Å². The number of rotatable bonds is 1. The maximum atomic E-state index is 12.3. The molecule has 1 aromatic heterocycles. The maximum absolute atomic E-state index is 12.3. The van der Waals surface area contributed by atoms with E-state index < -0.39 is 17.3 Å². The Morgan fingerprint density at radius 3 is 2.50 bits per heavy atom. The Labute approximate surface area is 78.0 Å². The first-order chi connectivity index (χ1) is 6.36. The van der Waals surface area contributed by atoms with Crippen molar-refractivity contribution in [2.45, 2.75) is 12.7 Å². The molecule has 78 valence electrons. The summed E-state index contributed by atoms with van der Waals surface area (Å²) in [7, 11) is 1.26. The molecule has 0 saturated heterocycles. The molecule has 0 aliphatic heterocycles. The van der Waals surface area contributed by atoms with Crippen LogP contribution in [0.4, 0.5) is 13.2 Å². The lowest BCUT2D eigenvalue weighted by molar-refractivity contribution is -0.139. The topological polar surface area (TPSA) is 48.0 Å². The van der Waals surface area contributed by atoms with Crippen molar-refractivity contribution in [2.24, 2.45) is 12.8 Å². The number of hydrogen-bond acceptors (Lipinski definition) is 2. The molecule has 0 fully saturated rings. The molecule has 0 amide bonds. The van der Waals surface area contributed by atoms with Crippen LogP contribution in [0.25, 0.3) is 0 Å². The van der Waals surface area contributed by atoms with Crippen LogP contribution in [-0.4, -0.2) is 4.57 Å². The van der Waals surface area contributed by atoms with Crippen LogP contribution in [0.15, 0.2) is 17.1 Å². The quantitative estimate of drug-likeness (QED) is 0.740. The molecule has 6 heteroatoms. The van der Waals surface area contributed by atoms with Crippen LogP contribution < -0.4 is 11.3 Å². The van der Waals surface area contributed by atoms with Crippen LogP contribution in [0.5, 0.6) is 0 Å². The van der Waals surface area contributed by atoms with Crippen LogP contribution in [-0.2, 0) is 19.8 Å². The fourth-order valence-corrected chi connectivity index (χ4v) is 1.10. The second kappa shape index (κ2) is 3.45. The molecule has 1 rings (SSSR count). The first kappa shape index (κ1) is 10.8. The van der Waals surface area contributed by atoms with Gasteiger partial charge in [0.25, 0.3) is 5.56 Å². The molecule has 0 bridgehead atoms. The summed E-state index contributed by atoms with van der Waals surface area (Å²) in [5.41, 5.74) is 3.24. The van der Waals surface area contributed by atoms with E-state index in [4.69, 9.17) is 5.73 Å². The Bertz CT molecular complexity index is 395. The van der Waals surface area contributed by atoms with Crippen LogP contribution in [0.3, 0.4) is 0 Å². The molecule has 1 heterocycles. The standard InChI is InChI=1S/C8H9F3N2O/c1-13-4-5(3-12)2-6(7(13)14)8(9,10)11/h2,4H,3,12H2,1H3. The molecule has 3 nitrogen and oxygen atoms in total. The van der Waals surface area contributed by atoms with Gasteiger partial charge >= 0.3 is 6.18 Å². The van der Waals surface area contributed by atoms with Gasteiger partial charge in [0.15, 0.2) is 0 Å². The minimum absolute atomic E-state index is 0.0306. The van der Waals surface area contributed by atoms with E-state index >= 15 is 0 Å². The minimum Gasteiger partial charge on any atom is -0.326 e. The molecular weight excluding hydrogens is 197 g/mol.